The zero-order chi connectivity index (χ0) is 22.9. The number of aliphatic hydroxyl groups excluding tert-OH is 1. The van der Waals surface area contributed by atoms with Crippen molar-refractivity contribution in [3.05, 3.63) is 34.7 Å². The summed E-state index contributed by atoms with van der Waals surface area (Å²) in [6.07, 6.45) is 6.92. The lowest BCUT2D eigenvalue weighted by molar-refractivity contribution is 0.126. The number of aliphatic hydroxyl groups is 1. The van der Waals surface area contributed by atoms with Gasteiger partial charge < -0.3 is 15.7 Å². The van der Waals surface area contributed by atoms with E-state index in [1.54, 1.807) is 6.20 Å². The van der Waals surface area contributed by atoms with E-state index >= 15 is 0 Å². The topological polar surface area (TPSA) is 142 Å². The van der Waals surface area contributed by atoms with Crippen molar-refractivity contribution in [2.75, 3.05) is 21.6 Å². The van der Waals surface area contributed by atoms with Crippen LogP contribution in [0.15, 0.2) is 24.7 Å². The van der Waals surface area contributed by atoms with Gasteiger partial charge in [-0.3, -0.25) is 4.72 Å². The minimum absolute atomic E-state index is 0.0975. The van der Waals surface area contributed by atoms with Crippen LogP contribution in [-0.2, 0) is 10.0 Å². The molecule has 1 saturated carbocycles. The molecular formula is C19H21Cl2N7O3S. The van der Waals surface area contributed by atoms with Crippen molar-refractivity contribution in [2.24, 2.45) is 0 Å². The Labute approximate surface area is 194 Å². The van der Waals surface area contributed by atoms with Crippen LogP contribution in [0.2, 0.25) is 10.0 Å². The highest BCUT2D eigenvalue weighted by Crippen LogP contribution is 2.35. The molecule has 2 aromatic heterocycles. The Bertz CT molecular complexity index is 1230. The number of hydrogen-bond acceptors (Lipinski definition) is 9. The molecule has 0 saturated heterocycles. The molecule has 32 heavy (non-hydrogen) atoms. The molecule has 10 nitrogen and oxygen atoms in total. The third-order valence-electron chi connectivity index (χ3n) is 5.00. The first-order valence-electron chi connectivity index (χ1n) is 9.84. The molecule has 0 radical (unpaired) electrons. The summed E-state index contributed by atoms with van der Waals surface area (Å²) in [6.45, 7) is 0. The van der Waals surface area contributed by atoms with E-state index in [2.05, 4.69) is 35.3 Å². The lowest BCUT2D eigenvalue weighted by Crippen LogP contribution is -2.28. The first-order valence-corrected chi connectivity index (χ1v) is 12.5. The van der Waals surface area contributed by atoms with Crippen molar-refractivity contribution in [1.82, 2.24) is 19.9 Å². The fraction of sp³-hybridized carbons (Fsp3) is 0.368. The lowest BCUT2D eigenvalue weighted by atomic mass is 9.93. The van der Waals surface area contributed by atoms with Gasteiger partial charge in [-0.1, -0.05) is 23.2 Å². The monoisotopic (exact) mass is 497 g/mol. The summed E-state index contributed by atoms with van der Waals surface area (Å²) in [5.74, 6) is 0.857. The van der Waals surface area contributed by atoms with Crippen LogP contribution in [0, 0.1) is 0 Å². The van der Waals surface area contributed by atoms with E-state index in [4.69, 9.17) is 23.2 Å². The maximum Gasteiger partial charge on any atom is 0.229 e. The Kier molecular flexibility index (Phi) is 6.52. The molecule has 1 aromatic carbocycles. The fourth-order valence-corrected chi connectivity index (χ4v) is 4.77. The van der Waals surface area contributed by atoms with Crippen molar-refractivity contribution in [3.8, 4) is 0 Å². The Balaban J connectivity index is 1.60. The number of anilines is 4. The molecule has 0 unspecified atom stereocenters. The highest BCUT2D eigenvalue weighted by molar-refractivity contribution is 7.92. The van der Waals surface area contributed by atoms with Gasteiger partial charge in [-0.15, -0.1) is 0 Å². The van der Waals surface area contributed by atoms with E-state index in [0.717, 1.165) is 31.9 Å². The second-order valence-corrected chi connectivity index (χ2v) is 10.2. The summed E-state index contributed by atoms with van der Waals surface area (Å²) in [5.41, 5.74) is 1.62. The molecule has 0 amide bonds. The van der Waals surface area contributed by atoms with Crippen LogP contribution in [0.4, 0.5) is 23.1 Å². The van der Waals surface area contributed by atoms with Crippen molar-refractivity contribution in [3.63, 3.8) is 0 Å². The summed E-state index contributed by atoms with van der Waals surface area (Å²) >= 11 is 12.5. The number of rotatable bonds is 6. The van der Waals surface area contributed by atoms with Gasteiger partial charge in [0.15, 0.2) is 5.82 Å². The van der Waals surface area contributed by atoms with E-state index in [0.29, 0.717) is 28.5 Å². The van der Waals surface area contributed by atoms with Crippen LogP contribution in [0.5, 0.6) is 0 Å². The molecule has 2 heterocycles. The Morgan fingerprint density at radius 3 is 2.41 bits per heavy atom. The number of hydrogen-bond donors (Lipinski definition) is 4. The van der Waals surface area contributed by atoms with Gasteiger partial charge in [0.1, 0.15) is 17.4 Å². The third kappa shape index (κ3) is 5.47. The number of sulfonamides is 1. The highest BCUT2D eigenvalue weighted by Gasteiger charge is 2.20. The minimum atomic E-state index is -3.54. The van der Waals surface area contributed by atoms with Gasteiger partial charge in [0.25, 0.3) is 0 Å². The molecular weight excluding hydrogens is 477 g/mol. The van der Waals surface area contributed by atoms with Gasteiger partial charge in [0, 0.05) is 11.7 Å². The van der Waals surface area contributed by atoms with Crippen LogP contribution < -0.4 is 15.4 Å². The normalized spacial score (nSPS) is 19.0. The van der Waals surface area contributed by atoms with E-state index in [1.807, 2.05) is 0 Å². The smallest absolute Gasteiger partial charge is 0.229 e. The van der Waals surface area contributed by atoms with Gasteiger partial charge in [-0.2, -0.15) is 0 Å². The second-order valence-electron chi connectivity index (χ2n) is 7.61. The molecule has 0 aliphatic heterocycles. The molecule has 4 rings (SSSR count). The number of nitrogens with one attached hydrogen (secondary N) is 3. The quantitative estimate of drug-likeness (QED) is 0.401. The third-order valence-corrected chi connectivity index (χ3v) is 6.17. The van der Waals surface area contributed by atoms with Gasteiger partial charge in [0.05, 0.1) is 34.3 Å². The number of fused-ring (bicyclic) bond motifs is 1. The van der Waals surface area contributed by atoms with Crippen LogP contribution in [-0.4, -0.2) is 51.9 Å². The average Bonchev–Trinajstić information content (AvgIpc) is 2.72. The SMILES string of the molecule is CS(=O)(=O)Nc1c(Cl)cc(Nc2ncnc3cnc(N[C@H]4CC[C@H](O)CC4)nc23)cc1Cl. The van der Waals surface area contributed by atoms with E-state index in [9.17, 15) is 13.5 Å². The number of benzene rings is 1. The average molecular weight is 498 g/mol. The molecule has 170 valence electrons. The molecule has 13 heteroatoms. The molecule has 4 N–H and O–H groups in total. The summed E-state index contributed by atoms with van der Waals surface area (Å²) in [5, 5.41) is 16.4. The van der Waals surface area contributed by atoms with Gasteiger partial charge >= 0.3 is 0 Å². The number of aromatic nitrogens is 4. The molecule has 0 atom stereocenters. The Hall–Kier alpha value is -2.47. The predicted octanol–water partition coefficient (Wildman–Crippen LogP) is 3.56. The Morgan fingerprint density at radius 1 is 1.06 bits per heavy atom. The van der Waals surface area contributed by atoms with Crippen molar-refractivity contribution in [2.45, 2.75) is 37.8 Å². The number of nitrogens with zero attached hydrogens (tertiary/aromatic N) is 4. The second kappa shape index (κ2) is 9.18. The first-order chi connectivity index (χ1) is 15.2. The summed E-state index contributed by atoms with van der Waals surface area (Å²) < 4.78 is 25.3. The van der Waals surface area contributed by atoms with Crippen molar-refractivity contribution < 1.29 is 13.5 Å². The maximum absolute atomic E-state index is 11.5. The van der Waals surface area contributed by atoms with Crippen LogP contribution in [0.1, 0.15) is 25.7 Å². The zero-order valence-corrected chi connectivity index (χ0v) is 19.3. The van der Waals surface area contributed by atoms with Gasteiger partial charge in [0.2, 0.25) is 16.0 Å². The molecule has 3 aromatic rings. The number of halogens is 2. The molecule has 0 bridgehead atoms. The van der Waals surface area contributed by atoms with Crippen molar-refractivity contribution in [1.29, 1.82) is 0 Å². The summed E-state index contributed by atoms with van der Waals surface area (Å²) in [7, 11) is -3.54. The molecule has 0 spiro atoms. The molecule has 1 aliphatic carbocycles. The van der Waals surface area contributed by atoms with E-state index in [-0.39, 0.29) is 27.9 Å². The molecule has 1 fully saturated rings. The first kappa shape index (κ1) is 22.7. The van der Waals surface area contributed by atoms with Crippen LogP contribution >= 0.6 is 23.2 Å². The predicted molar refractivity (Wildman–Crippen MR) is 125 cm³/mol. The van der Waals surface area contributed by atoms with Gasteiger partial charge in [-0.25, -0.2) is 28.4 Å². The van der Waals surface area contributed by atoms with Crippen LogP contribution in [0.25, 0.3) is 11.0 Å². The van der Waals surface area contributed by atoms with Gasteiger partial charge in [-0.05, 0) is 37.8 Å². The lowest BCUT2D eigenvalue weighted by Gasteiger charge is -2.26. The van der Waals surface area contributed by atoms with E-state index < -0.39 is 10.0 Å². The molecule has 1 aliphatic rings. The zero-order valence-electron chi connectivity index (χ0n) is 17.0. The Morgan fingerprint density at radius 2 is 1.75 bits per heavy atom. The summed E-state index contributed by atoms with van der Waals surface area (Å²) in [6, 6.07) is 3.25. The summed E-state index contributed by atoms with van der Waals surface area (Å²) in [4.78, 5) is 17.4. The van der Waals surface area contributed by atoms with E-state index in [1.165, 1.54) is 18.5 Å². The largest absolute Gasteiger partial charge is 0.393 e. The van der Waals surface area contributed by atoms with Crippen LogP contribution in [0.3, 0.4) is 0 Å². The maximum atomic E-state index is 11.5. The standard InChI is InChI=1S/C19H21Cl2N7O3S/c1-32(30,31)28-16-13(20)6-11(7-14(16)21)25-18-17-15(23-9-24-18)8-22-19(27-17)26-10-2-4-12(29)5-3-10/h6-10,12,28-29H,2-5H2,1H3,(H,22,26,27)(H,23,24,25)/t10-,12-. The minimum Gasteiger partial charge on any atom is -0.393 e. The van der Waals surface area contributed by atoms with Crippen molar-refractivity contribution >= 4 is 67.4 Å². The highest BCUT2D eigenvalue weighted by atomic mass is 35.5. The fourth-order valence-electron chi connectivity index (χ4n) is 3.48.